The summed E-state index contributed by atoms with van der Waals surface area (Å²) in [6.45, 7) is 0. The summed E-state index contributed by atoms with van der Waals surface area (Å²) >= 11 is 4.94. The maximum absolute atomic E-state index is 11.6. The third kappa shape index (κ3) is 3.84. The van der Waals surface area contributed by atoms with Gasteiger partial charge in [-0.25, -0.2) is 0 Å². The van der Waals surface area contributed by atoms with Gasteiger partial charge >= 0.3 is 0 Å². The van der Waals surface area contributed by atoms with Crippen LogP contribution in [-0.4, -0.2) is 5.91 Å². The minimum atomic E-state index is -0.124. The molecule has 2 aromatic rings. The monoisotopic (exact) mass is 307 g/mol. The highest BCUT2D eigenvalue weighted by Crippen LogP contribution is 2.14. The number of hydrogen-bond acceptors (Lipinski definition) is 2. The zero-order valence-electron chi connectivity index (χ0n) is 8.89. The molecule has 0 spiro atoms. The lowest BCUT2D eigenvalue weighted by Crippen LogP contribution is -2.07. The van der Waals surface area contributed by atoms with E-state index in [4.69, 9.17) is 0 Å². The van der Waals surface area contributed by atoms with Gasteiger partial charge in [0.15, 0.2) is 0 Å². The van der Waals surface area contributed by atoms with E-state index in [-0.39, 0.29) is 5.91 Å². The fourth-order valence-electron chi connectivity index (χ4n) is 1.26. The van der Waals surface area contributed by atoms with Gasteiger partial charge in [-0.05, 0) is 41.8 Å². The maximum Gasteiger partial charge on any atom is 0.248 e. The SMILES string of the molecule is O=C(/C=C/c1cccs1)Nc1ccc(Br)cc1. The number of benzene rings is 1. The Labute approximate surface area is 112 Å². The molecule has 0 bridgehead atoms. The van der Waals surface area contributed by atoms with E-state index in [1.165, 1.54) is 6.08 Å². The molecular formula is C13H10BrNOS. The second-order valence-electron chi connectivity index (χ2n) is 3.34. The average molecular weight is 308 g/mol. The van der Waals surface area contributed by atoms with Gasteiger partial charge < -0.3 is 5.32 Å². The molecule has 2 rings (SSSR count). The largest absolute Gasteiger partial charge is 0.323 e. The Balaban J connectivity index is 1.95. The molecule has 0 aliphatic heterocycles. The van der Waals surface area contributed by atoms with Crippen molar-refractivity contribution in [3.8, 4) is 0 Å². The van der Waals surface area contributed by atoms with Crippen molar-refractivity contribution in [1.82, 2.24) is 0 Å². The normalized spacial score (nSPS) is 10.6. The molecule has 0 aliphatic rings. The molecule has 0 atom stereocenters. The van der Waals surface area contributed by atoms with Crippen LogP contribution in [-0.2, 0) is 4.79 Å². The van der Waals surface area contributed by atoms with E-state index in [2.05, 4.69) is 21.2 Å². The molecule has 0 aliphatic carbocycles. The van der Waals surface area contributed by atoms with Crippen molar-refractivity contribution in [2.24, 2.45) is 0 Å². The molecule has 0 radical (unpaired) electrons. The number of anilines is 1. The summed E-state index contributed by atoms with van der Waals surface area (Å²) in [6.07, 6.45) is 3.34. The van der Waals surface area contributed by atoms with Crippen LogP contribution in [0.5, 0.6) is 0 Å². The summed E-state index contributed by atoms with van der Waals surface area (Å²) in [7, 11) is 0. The van der Waals surface area contributed by atoms with Crippen molar-refractivity contribution in [2.45, 2.75) is 0 Å². The fourth-order valence-corrected chi connectivity index (χ4v) is 2.14. The summed E-state index contributed by atoms with van der Waals surface area (Å²) in [5.41, 5.74) is 0.786. The van der Waals surface area contributed by atoms with Crippen molar-refractivity contribution in [3.63, 3.8) is 0 Å². The number of halogens is 1. The second kappa shape index (κ2) is 5.80. The number of nitrogens with one attached hydrogen (secondary N) is 1. The van der Waals surface area contributed by atoms with Gasteiger partial charge in [0.1, 0.15) is 0 Å². The quantitative estimate of drug-likeness (QED) is 0.848. The van der Waals surface area contributed by atoms with Crippen LogP contribution in [0.1, 0.15) is 4.88 Å². The molecule has 4 heteroatoms. The number of carbonyl (C=O) groups is 1. The highest BCUT2D eigenvalue weighted by molar-refractivity contribution is 9.10. The maximum atomic E-state index is 11.6. The molecule has 0 saturated heterocycles. The molecule has 1 amide bonds. The molecule has 1 aromatic heterocycles. The molecule has 0 unspecified atom stereocenters. The summed E-state index contributed by atoms with van der Waals surface area (Å²) in [5, 5.41) is 4.77. The van der Waals surface area contributed by atoms with E-state index >= 15 is 0 Å². The van der Waals surface area contributed by atoms with E-state index in [1.807, 2.05) is 41.8 Å². The summed E-state index contributed by atoms with van der Waals surface area (Å²) in [5.74, 6) is -0.124. The topological polar surface area (TPSA) is 29.1 Å². The Kier molecular flexibility index (Phi) is 4.12. The lowest BCUT2D eigenvalue weighted by atomic mass is 10.3. The Hall–Kier alpha value is -1.39. The molecule has 1 N–H and O–H groups in total. The van der Waals surface area contributed by atoms with Gasteiger partial charge in [0.25, 0.3) is 0 Å². The molecule has 86 valence electrons. The van der Waals surface area contributed by atoms with Gasteiger partial charge in [-0.2, -0.15) is 0 Å². The smallest absolute Gasteiger partial charge is 0.248 e. The van der Waals surface area contributed by atoms with E-state index in [9.17, 15) is 4.79 Å². The molecule has 2 nitrogen and oxygen atoms in total. The van der Waals surface area contributed by atoms with Crippen LogP contribution in [0.2, 0.25) is 0 Å². The lowest BCUT2D eigenvalue weighted by Gasteiger charge is -2.01. The number of carbonyl (C=O) groups excluding carboxylic acids is 1. The van der Waals surface area contributed by atoms with Crippen LogP contribution in [0.3, 0.4) is 0 Å². The summed E-state index contributed by atoms with van der Waals surface area (Å²) < 4.78 is 0.990. The van der Waals surface area contributed by atoms with Crippen LogP contribution in [0.25, 0.3) is 6.08 Å². The molecule has 1 heterocycles. The van der Waals surface area contributed by atoms with Crippen molar-refractivity contribution in [3.05, 3.63) is 57.2 Å². The molecular weight excluding hydrogens is 298 g/mol. The summed E-state index contributed by atoms with van der Waals surface area (Å²) in [6, 6.07) is 11.4. The van der Waals surface area contributed by atoms with Gasteiger partial charge in [-0.15, -0.1) is 11.3 Å². The summed E-state index contributed by atoms with van der Waals surface area (Å²) in [4.78, 5) is 12.7. The van der Waals surface area contributed by atoms with Crippen molar-refractivity contribution >= 4 is 44.9 Å². The lowest BCUT2D eigenvalue weighted by molar-refractivity contribution is -0.111. The highest BCUT2D eigenvalue weighted by atomic mass is 79.9. The Morgan fingerprint density at radius 3 is 2.65 bits per heavy atom. The minimum Gasteiger partial charge on any atom is -0.323 e. The third-order valence-electron chi connectivity index (χ3n) is 2.05. The van der Waals surface area contributed by atoms with Gasteiger partial charge in [0.2, 0.25) is 5.91 Å². The second-order valence-corrected chi connectivity index (χ2v) is 5.24. The van der Waals surface area contributed by atoms with Crippen LogP contribution in [0.4, 0.5) is 5.69 Å². The Morgan fingerprint density at radius 1 is 1.24 bits per heavy atom. The highest BCUT2D eigenvalue weighted by Gasteiger charge is 1.97. The zero-order valence-corrected chi connectivity index (χ0v) is 11.3. The molecule has 0 saturated carbocycles. The minimum absolute atomic E-state index is 0.124. The zero-order chi connectivity index (χ0) is 12.1. The van der Waals surface area contributed by atoms with E-state index in [0.717, 1.165) is 15.0 Å². The van der Waals surface area contributed by atoms with E-state index < -0.39 is 0 Å². The van der Waals surface area contributed by atoms with Gasteiger partial charge in [-0.1, -0.05) is 22.0 Å². The first-order valence-corrected chi connectivity index (χ1v) is 6.69. The van der Waals surface area contributed by atoms with E-state index in [1.54, 1.807) is 17.4 Å². The Morgan fingerprint density at radius 2 is 2.00 bits per heavy atom. The molecule has 1 aromatic carbocycles. The van der Waals surface area contributed by atoms with Crippen LogP contribution in [0, 0.1) is 0 Å². The number of amides is 1. The van der Waals surface area contributed by atoms with Crippen molar-refractivity contribution in [1.29, 1.82) is 0 Å². The Bertz CT molecular complexity index is 517. The third-order valence-corrected chi connectivity index (χ3v) is 3.42. The predicted molar refractivity (Wildman–Crippen MR) is 76.1 cm³/mol. The number of rotatable bonds is 3. The number of thiophene rings is 1. The predicted octanol–water partition coefficient (Wildman–Crippen LogP) is 4.16. The average Bonchev–Trinajstić information content (AvgIpc) is 2.83. The van der Waals surface area contributed by atoms with Crippen molar-refractivity contribution < 1.29 is 4.79 Å². The fraction of sp³-hybridized carbons (Fsp3) is 0. The van der Waals surface area contributed by atoms with Crippen LogP contribution < -0.4 is 5.32 Å². The number of hydrogen-bond donors (Lipinski definition) is 1. The van der Waals surface area contributed by atoms with Crippen molar-refractivity contribution in [2.75, 3.05) is 5.32 Å². The molecule has 17 heavy (non-hydrogen) atoms. The first kappa shape index (κ1) is 12.1. The van der Waals surface area contributed by atoms with Crippen LogP contribution >= 0.6 is 27.3 Å². The van der Waals surface area contributed by atoms with E-state index in [0.29, 0.717) is 0 Å². The molecule has 0 fully saturated rings. The van der Waals surface area contributed by atoms with Crippen LogP contribution in [0.15, 0.2) is 52.3 Å². The van der Waals surface area contributed by atoms with Gasteiger partial charge in [-0.3, -0.25) is 4.79 Å². The van der Waals surface area contributed by atoms with Gasteiger partial charge in [0, 0.05) is 21.1 Å². The standard InChI is InChI=1S/C13H10BrNOS/c14-10-3-5-11(6-4-10)15-13(16)8-7-12-2-1-9-17-12/h1-9H,(H,15,16)/b8-7+. The first-order chi connectivity index (χ1) is 8.24. The van der Waals surface area contributed by atoms with Gasteiger partial charge in [0.05, 0.1) is 0 Å². The first-order valence-electron chi connectivity index (χ1n) is 5.02.